The molecular formula is C15H23NO. The van der Waals surface area contributed by atoms with Gasteiger partial charge in [-0.3, -0.25) is 4.79 Å². The number of anilines is 1. The molecule has 1 rings (SSSR count). The van der Waals surface area contributed by atoms with Gasteiger partial charge in [0.15, 0.2) is 0 Å². The van der Waals surface area contributed by atoms with E-state index in [0.29, 0.717) is 6.42 Å². The number of nitrogens with one attached hydrogen (secondary N) is 1. The SMILES string of the molecule is CCCc1ccc(NC(=O)CC(C)(C)C)cc1. The number of carbonyl (C=O) groups is 1. The van der Waals surface area contributed by atoms with Crippen LogP contribution in [0.4, 0.5) is 5.69 Å². The highest BCUT2D eigenvalue weighted by Crippen LogP contribution is 2.19. The molecule has 0 saturated heterocycles. The van der Waals surface area contributed by atoms with Gasteiger partial charge in [0.25, 0.3) is 0 Å². The van der Waals surface area contributed by atoms with Crippen molar-refractivity contribution in [3.05, 3.63) is 29.8 Å². The van der Waals surface area contributed by atoms with Gasteiger partial charge in [0.05, 0.1) is 0 Å². The summed E-state index contributed by atoms with van der Waals surface area (Å²) in [6.07, 6.45) is 2.79. The maximum atomic E-state index is 11.7. The number of aryl methyl sites for hydroxylation is 1. The first-order valence-electron chi connectivity index (χ1n) is 6.29. The van der Waals surface area contributed by atoms with E-state index in [9.17, 15) is 4.79 Å². The first-order valence-corrected chi connectivity index (χ1v) is 6.29. The van der Waals surface area contributed by atoms with Crippen LogP contribution in [0.5, 0.6) is 0 Å². The van der Waals surface area contributed by atoms with Crippen LogP contribution in [0.3, 0.4) is 0 Å². The number of rotatable bonds is 4. The smallest absolute Gasteiger partial charge is 0.224 e. The van der Waals surface area contributed by atoms with Crippen molar-refractivity contribution in [2.75, 3.05) is 5.32 Å². The molecule has 2 nitrogen and oxygen atoms in total. The Morgan fingerprint density at radius 1 is 1.18 bits per heavy atom. The van der Waals surface area contributed by atoms with Gasteiger partial charge in [-0.1, -0.05) is 46.2 Å². The minimum absolute atomic E-state index is 0.0340. The quantitative estimate of drug-likeness (QED) is 0.836. The first kappa shape index (κ1) is 13.8. The van der Waals surface area contributed by atoms with Gasteiger partial charge in [-0.25, -0.2) is 0 Å². The highest BCUT2D eigenvalue weighted by atomic mass is 16.1. The third kappa shape index (κ3) is 5.53. The normalized spacial score (nSPS) is 11.3. The zero-order valence-corrected chi connectivity index (χ0v) is 11.3. The van der Waals surface area contributed by atoms with E-state index in [0.717, 1.165) is 18.5 Å². The van der Waals surface area contributed by atoms with Crippen molar-refractivity contribution in [3.63, 3.8) is 0 Å². The molecule has 0 fully saturated rings. The molecule has 0 spiro atoms. The van der Waals surface area contributed by atoms with Crippen molar-refractivity contribution < 1.29 is 4.79 Å². The summed E-state index contributed by atoms with van der Waals surface area (Å²) >= 11 is 0. The Hall–Kier alpha value is -1.31. The highest BCUT2D eigenvalue weighted by molar-refractivity contribution is 5.91. The van der Waals surface area contributed by atoms with Crippen LogP contribution in [0.2, 0.25) is 0 Å². The lowest BCUT2D eigenvalue weighted by molar-refractivity contribution is -0.117. The van der Waals surface area contributed by atoms with E-state index in [-0.39, 0.29) is 11.3 Å². The second-order valence-electron chi connectivity index (χ2n) is 5.73. The second kappa shape index (κ2) is 5.85. The standard InChI is InChI=1S/C15H23NO/c1-5-6-12-7-9-13(10-8-12)16-14(17)11-15(2,3)4/h7-10H,5-6,11H2,1-4H3,(H,16,17). The van der Waals surface area contributed by atoms with Crippen molar-refractivity contribution in [1.29, 1.82) is 0 Å². The van der Waals surface area contributed by atoms with Crippen LogP contribution >= 0.6 is 0 Å². The molecule has 0 saturated carbocycles. The zero-order chi connectivity index (χ0) is 12.9. The number of hydrogen-bond acceptors (Lipinski definition) is 1. The van der Waals surface area contributed by atoms with E-state index < -0.39 is 0 Å². The largest absolute Gasteiger partial charge is 0.326 e. The minimum atomic E-state index is 0.0340. The fourth-order valence-electron chi connectivity index (χ4n) is 1.73. The molecule has 0 aliphatic heterocycles. The van der Waals surface area contributed by atoms with Crippen LogP contribution in [0.25, 0.3) is 0 Å². The fraction of sp³-hybridized carbons (Fsp3) is 0.533. The Bertz CT molecular complexity index is 360. The molecule has 1 aromatic carbocycles. The first-order chi connectivity index (χ1) is 7.90. The van der Waals surface area contributed by atoms with E-state index in [4.69, 9.17) is 0 Å². The summed E-state index contributed by atoms with van der Waals surface area (Å²) < 4.78 is 0. The average molecular weight is 233 g/mol. The number of hydrogen-bond donors (Lipinski definition) is 1. The van der Waals surface area contributed by atoms with Crippen LogP contribution < -0.4 is 5.32 Å². The Morgan fingerprint density at radius 2 is 1.76 bits per heavy atom. The lowest BCUT2D eigenvalue weighted by Gasteiger charge is -2.17. The number of amides is 1. The van der Waals surface area contributed by atoms with E-state index in [1.54, 1.807) is 0 Å². The predicted molar refractivity (Wildman–Crippen MR) is 73.1 cm³/mol. The molecular weight excluding hydrogens is 210 g/mol. The van der Waals surface area contributed by atoms with Gasteiger partial charge in [0.2, 0.25) is 5.91 Å². The molecule has 0 aliphatic carbocycles. The summed E-state index contributed by atoms with van der Waals surface area (Å²) in [6, 6.07) is 8.11. The number of carbonyl (C=O) groups excluding carboxylic acids is 1. The molecule has 1 N–H and O–H groups in total. The Kier molecular flexibility index (Phi) is 4.73. The third-order valence-electron chi connectivity index (χ3n) is 2.47. The zero-order valence-electron chi connectivity index (χ0n) is 11.3. The molecule has 0 aromatic heterocycles. The van der Waals surface area contributed by atoms with Gasteiger partial charge in [0.1, 0.15) is 0 Å². The Balaban J connectivity index is 2.54. The van der Waals surface area contributed by atoms with Gasteiger partial charge < -0.3 is 5.32 Å². The minimum Gasteiger partial charge on any atom is -0.326 e. The molecule has 1 aromatic rings. The summed E-state index contributed by atoms with van der Waals surface area (Å²) in [6.45, 7) is 8.36. The highest BCUT2D eigenvalue weighted by Gasteiger charge is 2.15. The third-order valence-corrected chi connectivity index (χ3v) is 2.47. The topological polar surface area (TPSA) is 29.1 Å². The van der Waals surface area contributed by atoms with E-state index in [2.05, 4.69) is 45.1 Å². The molecule has 2 heteroatoms. The summed E-state index contributed by atoms with van der Waals surface area (Å²) in [5, 5.41) is 2.93. The van der Waals surface area contributed by atoms with E-state index in [1.165, 1.54) is 5.56 Å². The molecule has 0 unspecified atom stereocenters. The molecule has 0 aliphatic rings. The van der Waals surface area contributed by atoms with Gasteiger partial charge in [-0.05, 0) is 29.5 Å². The van der Waals surface area contributed by atoms with Crippen LogP contribution in [0, 0.1) is 5.41 Å². The Morgan fingerprint density at radius 3 is 2.24 bits per heavy atom. The van der Waals surface area contributed by atoms with Crippen LogP contribution in [0.15, 0.2) is 24.3 Å². The molecule has 17 heavy (non-hydrogen) atoms. The van der Waals surface area contributed by atoms with Gasteiger partial charge >= 0.3 is 0 Å². The van der Waals surface area contributed by atoms with Crippen molar-refractivity contribution in [2.45, 2.75) is 47.0 Å². The summed E-state index contributed by atoms with van der Waals surface area (Å²) in [7, 11) is 0. The summed E-state index contributed by atoms with van der Waals surface area (Å²) in [5.41, 5.74) is 2.24. The molecule has 0 radical (unpaired) electrons. The molecule has 94 valence electrons. The molecule has 0 atom stereocenters. The average Bonchev–Trinajstić information content (AvgIpc) is 2.18. The van der Waals surface area contributed by atoms with Crippen LogP contribution in [-0.4, -0.2) is 5.91 Å². The van der Waals surface area contributed by atoms with E-state index >= 15 is 0 Å². The van der Waals surface area contributed by atoms with Crippen LogP contribution in [-0.2, 0) is 11.2 Å². The predicted octanol–water partition coefficient (Wildman–Crippen LogP) is 4.01. The lowest BCUT2D eigenvalue weighted by atomic mass is 9.92. The molecule has 1 amide bonds. The van der Waals surface area contributed by atoms with Crippen LogP contribution in [0.1, 0.15) is 46.1 Å². The van der Waals surface area contributed by atoms with Gasteiger partial charge in [-0.15, -0.1) is 0 Å². The van der Waals surface area contributed by atoms with Gasteiger partial charge in [-0.2, -0.15) is 0 Å². The van der Waals surface area contributed by atoms with E-state index in [1.807, 2.05) is 12.1 Å². The van der Waals surface area contributed by atoms with Crippen molar-refractivity contribution in [3.8, 4) is 0 Å². The molecule has 0 heterocycles. The molecule has 0 bridgehead atoms. The maximum absolute atomic E-state index is 11.7. The monoisotopic (exact) mass is 233 g/mol. The Labute approximate surface area is 104 Å². The summed E-state index contributed by atoms with van der Waals surface area (Å²) in [5.74, 6) is 0.0840. The summed E-state index contributed by atoms with van der Waals surface area (Å²) in [4.78, 5) is 11.7. The van der Waals surface area contributed by atoms with Gasteiger partial charge in [0, 0.05) is 12.1 Å². The fourth-order valence-corrected chi connectivity index (χ4v) is 1.73. The maximum Gasteiger partial charge on any atom is 0.224 e. The van der Waals surface area contributed by atoms with Crippen molar-refractivity contribution in [2.24, 2.45) is 5.41 Å². The lowest BCUT2D eigenvalue weighted by Crippen LogP contribution is -2.19. The second-order valence-corrected chi connectivity index (χ2v) is 5.73. The van der Waals surface area contributed by atoms with Crippen molar-refractivity contribution >= 4 is 11.6 Å². The van der Waals surface area contributed by atoms with Crippen molar-refractivity contribution in [1.82, 2.24) is 0 Å². The number of benzene rings is 1.